The molecule has 1 atom stereocenters. The van der Waals surface area contributed by atoms with Crippen molar-refractivity contribution in [3.8, 4) is 0 Å². The highest BCUT2D eigenvalue weighted by Gasteiger charge is 2.22. The van der Waals surface area contributed by atoms with Gasteiger partial charge in [-0.1, -0.05) is 30.3 Å². The van der Waals surface area contributed by atoms with Crippen molar-refractivity contribution >= 4 is 29.9 Å². The van der Waals surface area contributed by atoms with Gasteiger partial charge in [0, 0.05) is 19.7 Å². The summed E-state index contributed by atoms with van der Waals surface area (Å²) in [6, 6.07) is 10.8. The van der Waals surface area contributed by atoms with Gasteiger partial charge in [-0.3, -0.25) is 4.99 Å². The van der Waals surface area contributed by atoms with Crippen LogP contribution in [0.5, 0.6) is 0 Å². The Bertz CT molecular complexity index is 407. The van der Waals surface area contributed by atoms with Crippen LogP contribution in [0.25, 0.3) is 0 Å². The third-order valence-corrected chi connectivity index (χ3v) is 3.13. The average Bonchev–Trinajstić information content (AvgIpc) is 3.25. The Morgan fingerprint density at radius 3 is 2.60 bits per heavy atom. The largest absolute Gasteiger partial charge is 0.375 e. The van der Waals surface area contributed by atoms with Gasteiger partial charge in [0.1, 0.15) is 6.10 Å². The Balaban J connectivity index is 0.00000200. The molecular weight excluding hydrogens is 365 g/mol. The van der Waals surface area contributed by atoms with Crippen LogP contribution in [0, 0.1) is 0 Å². The second-order valence-corrected chi connectivity index (χ2v) is 4.77. The van der Waals surface area contributed by atoms with Gasteiger partial charge in [-0.25, -0.2) is 0 Å². The van der Waals surface area contributed by atoms with Crippen molar-refractivity contribution in [1.82, 2.24) is 10.6 Å². The van der Waals surface area contributed by atoms with Crippen molar-refractivity contribution in [3.05, 3.63) is 35.9 Å². The highest BCUT2D eigenvalue weighted by Crippen LogP contribution is 2.19. The number of methoxy groups -OCH3 is 1. The molecule has 0 saturated heterocycles. The molecule has 1 aromatic rings. The van der Waals surface area contributed by atoms with Crippen LogP contribution in [-0.2, 0) is 4.74 Å². The highest BCUT2D eigenvalue weighted by molar-refractivity contribution is 14.0. The summed E-state index contributed by atoms with van der Waals surface area (Å²) in [4.78, 5) is 4.61. The van der Waals surface area contributed by atoms with E-state index in [1.165, 1.54) is 12.8 Å². The molecule has 0 amide bonds. The number of guanidine groups is 1. The molecule has 4 nitrogen and oxygen atoms in total. The lowest BCUT2D eigenvalue weighted by Gasteiger charge is -2.15. The van der Waals surface area contributed by atoms with Crippen molar-refractivity contribution in [1.29, 1.82) is 0 Å². The standard InChI is InChI=1S/C15H23N3O.HI/c1-3-16-15(18-13-9-10-13)17-11-14(19-2)12-7-5-4-6-8-12;/h4-8,13-14H,3,9-11H2,1-2H3,(H2,16,17,18);1H. The number of hydrogen-bond acceptors (Lipinski definition) is 2. The van der Waals surface area contributed by atoms with E-state index in [9.17, 15) is 0 Å². The lowest BCUT2D eigenvalue weighted by Crippen LogP contribution is -2.38. The fraction of sp³-hybridized carbons (Fsp3) is 0.533. The Morgan fingerprint density at radius 1 is 1.35 bits per heavy atom. The maximum absolute atomic E-state index is 5.52. The SMILES string of the molecule is CCNC(=NCC(OC)c1ccccc1)NC1CC1.I. The summed E-state index contributed by atoms with van der Waals surface area (Å²) < 4.78 is 5.52. The summed E-state index contributed by atoms with van der Waals surface area (Å²) in [5.74, 6) is 0.892. The molecule has 0 bridgehead atoms. The van der Waals surface area contributed by atoms with Crippen LogP contribution in [0.4, 0.5) is 0 Å². The first-order chi connectivity index (χ1) is 9.33. The van der Waals surface area contributed by atoms with Crippen LogP contribution in [0.15, 0.2) is 35.3 Å². The van der Waals surface area contributed by atoms with E-state index in [0.717, 1.165) is 18.1 Å². The first kappa shape index (κ1) is 17.2. The number of rotatable bonds is 6. The molecule has 0 spiro atoms. The van der Waals surface area contributed by atoms with Crippen molar-refractivity contribution in [3.63, 3.8) is 0 Å². The molecule has 5 heteroatoms. The zero-order valence-corrected chi connectivity index (χ0v) is 14.5. The summed E-state index contributed by atoms with van der Waals surface area (Å²) >= 11 is 0. The van der Waals surface area contributed by atoms with Gasteiger partial charge in [-0.2, -0.15) is 0 Å². The number of nitrogens with one attached hydrogen (secondary N) is 2. The molecule has 1 aliphatic rings. The van der Waals surface area contributed by atoms with Crippen LogP contribution >= 0.6 is 24.0 Å². The molecule has 112 valence electrons. The van der Waals surface area contributed by atoms with Crippen LogP contribution in [-0.4, -0.2) is 32.2 Å². The first-order valence-electron chi connectivity index (χ1n) is 6.96. The first-order valence-corrected chi connectivity index (χ1v) is 6.96. The Labute approximate surface area is 138 Å². The average molecular weight is 389 g/mol. The molecule has 2 N–H and O–H groups in total. The Morgan fingerprint density at radius 2 is 2.05 bits per heavy atom. The molecule has 20 heavy (non-hydrogen) atoms. The van der Waals surface area contributed by atoms with Gasteiger partial charge in [-0.15, -0.1) is 24.0 Å². The predicted octanol–water partition coefficient (Wildman–Crippen LogP) is 2.71. The number of aliphatic imine (C=N–C) groups is 1. The summed E-state index contributed by atoms with van der Waals surface area (Å²) in [6.45, 7) is 3.58. The van der Waals surface area contributed by atoms with Crippen molar-refractivity contribution in [2.75, 3.05) is 20.2 Å². The molecule has 2 rings (SSSR count). The minimum Gasteiger partial charge on any atom is -0.375 e. The molecule has 1 fully saturated rings. The zero-order valence-electron chi connectivity index (χ0n) is 12.1. The number of benzene rings is 1. The summed E-state index contributed by atoms with van der Waals surface area (Å²) in [6.07, 6.45) is 2.50. The molecule has 1 aromatic carbocycles. The summed E-state index contributed by atoms with van der Waals surface area (Å²) in [5, 5.41) is 6.67. The second-order valence-electron chi connectivity index (χ2n) is 4.77. The maximum Gasteiger partial charge on any atom is 0.191 e. The molecule has 1 unspecified atom stereocenters. The van der Waals surface area contributed by atoms with E-state index >= 15 is 0 Å². The highest BCUT2D eigenvalue weighted by atomic mass is 127. The van der Waals surface area contributed by atoms with Gasteiger partial charge in [0.25, 0.3) is 0 Å². The van der Waals surface area contributed by atoms with Gasteiger partial charge in [-0.05, 0) is 25.3 Å². The van der Waals surface area contributed by atoms with Crippen molar-refractivity contribution in [2.24, 2.45) is 4.99 Å². The number of hydrogen-bond donors (Lipinski definition) is 2. The van der Waals surface area contributed by atoms with E-state index < -0.39 is 0 Å². The molecule has 0 radical (unpaired) electrons. The van der Waals surface area contributed by atoms with E-state index in [-0.39, 0.29) is 30.1 Å². The lowest BCUT2D eigenvalue weighted by atomic mass is 10.1. The van der Waals surface area contributed by atoms with Gasteiger partial charge in [0.15, 0.2) is 5.96 Å². The van der Waals surface area contributed by atoms with Gasteiger partial charge in [0.2, 0.25) is 0 Å². The molecule has 1 saturated carbocycles. The zero-order chi connectivity index (χ0) is 13.5. The molecule has 0 aromatic heterocycles. The molecule has 0 heterocycles. The van der Waals surface area contributed by atoms with E-state index in [1.807, 2.05) is 18.2 Å². The second kappa shape index (κ2) is 9.18. The number of nitrogens with zero attached hydrogens (tertiary/aromatic N) is 1. The van der Waals surface area contributed by atoms with Gasteiger partial charge < -0.3 is 15.4 Å². The van der Waals surface area contributed by atoms with Crippen LogP contribution in [0.2, 0.25) is 0 Å². The minimum absolute atomic E-state index is 0. The Kier molecular flexibility index (Phi) is 7.91. The monoisotopic (exact) mass is 389 g/mol. The van der Waals surface area contributed by atoms with Crippen LogP contribution < -0.4 is 10.6 Å². The lowest BCUT2D eigenvalue weighted by molar-refractivity contribution is 0.111. The van der Waals surface area contributed by atoms with E-state index in [1.54, 1.807) is 7.11 Å². The van der Waals surface area contributed by atoms with E-state index in [4.69, 9.17) is 4.74 Å². The predicted molar refractivity (Wildman–Crippen MR) is 93.7 cm³/mol. The van der Waals surface area contributed by atoms with Crippen molar-refractivity contribution < 1.29 is 4.74 Å². The number of ether oxygens (including phenoxy) is 1. The normalized spacial score (nSPS) is 16.2. The third kappa shape index (κ3) is 5.66. The van der Waals surface area contributed by atoms with Crippen LogP contribution in [0.3, 0.4) is 0 Å². The minimum atomic E-state index is 0. The smallest absolute Gasteiger partial charge is 0.191 e. The molecule has 0 aliphatic heterocycles. The topological polar surface area (TPSA) is 45.7 Å². The van der Waals surface area contributed by atoms with Gasteiger partial charge in [0.05, 0.1) is 6.54 Å². The van der Waals surface area contributed by atoms with Crippen LogP contribution in [0.1, 0.15) is 31.4 Å². The number of halogens is 1. The van der Waals surface area contributed by atoms with Crippen molar-refractivity contribution in [2.45, 2.75) is 31.9 Å². The van der Waals surface area contributed by atoms with E-state index in [2.05, 4.69) is 34.7 Å². The summed E-state index contributed by atoms with van der Waals surface area (Å²) in [5.41, 5.74) is 1.16. The fourth-order valence-electron chi connectivity index (χ4n) is 1.90. The van der Waals surface area contributed by atoms with Gasteiger partial charge >= 0.3 is 0 Å². The Hall–Kier alpha value is -0.820. The maximum atomic E-state index is 5.52. The summed E-state index contributed by atoms with van der Waals surface area (Å²) in [7, 11) is 1.73. The van der Waals surface area contributed by atoms with E-state index in [0.29, 0.717) is 12.6 Å². The molecular formula is C15H24IN3O. The molecule has 1 aliphatic carbocycles. The fourth-order valence-corrected chi connectivity index (χ4v) is 1.90. The third-order valence-electron chi connectivity index (χ3n) is 3.13. The quantitative estimate of drug-likeness (QED) is 0.447.